The van der Waals surface area contributed by atoms with Gasteiger partial charge in [0.05, 0.1) is 32.7 Å². The van der Waals surface area contributed by atoms with E-state index in [4.69, 9.17) is 0 Å². The van der Waals surface area contributed by atoms with Crippen LogP contribution in [0.15, 0.2) is 60.8 Å². The predicted molar refractivity (Wildman–Crippen MR) is 89.3 cm³/mol. The van der Waals surface area contributed by atoms with Crippen LogP contribution in [-0.4, -0.2) is 31.9 Å². The Labute approximate surface area is 137 Å². The highest BCUT2D eigenvalue weighted by Crippen LogP contribution is 2.29. The second kappa shape index (κ2) is 7.34. The summed E-state index contributed by atoms with van der Waals surface area (Å²) in [7, 11) is 4.34. The van der Waals surface area contributed by atoms with Crippen molar-refractivity contribution in [2.24, 2.45) is 0 Å². The molecule has 1 heterocycles. The number of halogens is 1. The van der Waals surface area contributed by atoms with Crippen LogP contribution in [0.25, 0.3) is 22.0 Å². The Morgan fingerprint density at radius 2 is 1.64 bits per heavy atom. The lowest BCUT2D eigenvalue weighted by Crippen LogP contribution is -3.06. The molecular formula is C18H22ClN3. The average Bonchev–Trinajstić information content (AvgIpc) is 2.87. The summed E-state index contributed by atoms with van der Waals surface area (Å²) < 4.78 is 2.15. The van der Waals surface area contributed by atoms with Crippen LogP contribution >= 0.6 is 0 Å². The van der Waals surface area contributed by atoms with Gasteiger partial charge in [-0.05, 0) is 11.6 Å². The summed E-state index contributed by atoms with van der Waals surface area (Å²) in [6, 6.07) is 19.1. The molecule has 116 valence electrons. The van der Waals surface area contributed by atoms with Crippen molar-refractivity contribution in [3.05, 3.63) is 60.8 Å². The molecule has 3 nitrogen and oxygen atoms in total. The normalized spacial score (nSPS) is 10.7. The number of likely N-dealkylation sites (N-methyl/N-ethyl adjacent to an activating group) is 1. The van der Waals surface area contributed by atoms with E-state index >= 15 is 0 Å². The van der Waals surface area contributed by atoms with Gasteiger partial charge in [0.2, 0.25) is 0 Å². The summed E-state index contributed by atoms with van der Waals surface area (Å²) in [6.07, 6.45) is 2.20. The van der Waals surface area contributed by atoms with E-state index in [1.54, 1.807) is 0 Å². The van der Waals surface area contributed by atoms with Crippen LogP contribution in [-0.2, 0) is 0 Å². The fraction of sp³-hybridized carbons (Fsp3) is 0.222. The predicted octanol–water partition coefficient (Wildman–Crippen LogP) is -1.000. The molecular weight excluding hydrogens is 294 g/mol. The van der Waals surface area contributed by atoms with Gasteiger partial charge in [-0.1, -0.05) is 48.5 Å². The number of nitrogens with zero attached hydrogens (tertiary/aromatic N) is 1. The first-order valence-corrected chi connectivity index (χ1v) is 7.44. The monoisotopic (exact) mass is 315 g/mol. The van der Waals surface area contributed by atoms with Crippen molar-refractivity contribution < 1.29 is 17.3 Å². The number of rotatable bonds is 5. The molecule has 3 rings (SSSR count). The van der Waals surface area contributed by atoms with Gasteiger partial charge in [-0.15, -0.1) is 0 Å². The third-order valence-corrected chi connectivity index (χ3v) is 3.70. The molecule has 0 aliphatic carbocycles. The molecule has 0 saturated heterocycles. The van der Waals surface area contributed by atoms with Crippen molar-refractivity contribution in [2.75, 3.05) is 32.6 Å². The highest BCUT2D eigenvalue weighted by Gasteiger charge is 2.09. The van der Waals surface area contributed by atoms with E-state index in [1.807, 2.05) is 0 Å². The SMILES string of the molecule is C[NH+](C)CCNn1cc(-c2ccccc2)c2ccccc21.[Cl-]. The molecule has 0 saturated carbocycles. The van der Waals surface area contributed by atoms with Crippen molar-refractivity contribution in [1.29, 1.82) is 0 Å². The zero-order valence-electron chi connectivity index (χ0n) is 13.0. The van der Waals surface area contributed by atoms with Crippen LogP contribution in [0.5, 0.6) is 0 Å². The summed E-state index contributed by atoms with van der Waals surface area (Å²) in [5.41, 5.74) is 7.26. The third kappa shape index (κ3) is 3.43. The number of aromatic nitrogens is 1. The molecule has 0 fully saturated rings. The Hall–Kier alpha value is -1.97. The second-order valence-corrected chi connectivity index (χ2v) is 5.66. The van der Waals surface area contributed by atoms with Crippen LogP contribution in [0.1, 0.15) is 0 Å². The van der Waals surface area contributed by atoms with Gasteiger partial charge in [-0.3, -0.25) is 4.68 Å². The zero-order valence-corrected chi connectivity index (χ0v) is 13.8. The van der Waals surface area contributed by atoms with Gasteiger partial charge in [-0.25, -0.2) is 0 Å². The molecule has 0 atom stereocenters. The Morgan fingerprint density at radius 1 is 0.955 bits per heavy atom. The van der Waals surface area contributed by atoms with Crippen molar-refractivity contribution in [3.8, 4) is 11.1 Å². The lowest BCUT2D eigenvalue weighted by atomic mass is 10.1. The molecule has 3 aromatic rings. The number of hydrogen-bond acceptors (Lipinski definition) is 1. The highest BCUT2D eigenvalue weighted by atomic mass is 35.5. The summed E-state index contributed by atoms with van der Waals surface area (Å²) in [4.78, 5) is 1.45. The van der Waals surface area contributed by atoms with E-state index < -0.39 is 0 Å². The molecule has 0 amide bonds. The first kappa shape index (κ1) is 16.4. The van der Waals surface area contributed by atoms with E-state index in [1.165, 1.54) is 26.9 Å². The highest BCUT2D eigenvalue weighted by molar-refractivity contribution is 5.96. The lowest BCUT2D eigenvalue weighted by Gasteiger charge is -2.11. The van der Waals surface area contributed by atoms with Gasteiger partial charge in [0.1, 0.15) is 0 Å². The van der Waals surface area contributed by atoms with Crippen LogP contribution in [0.3, 0.4) is 0 Å². The fourth-order valence-electron chi connectivity index (χ4n) is 2.58. The molecule has 0 spiro atoms. The fourth-order valence-corrected chi connectivity index (χ4v) is 2.58. The number of hydrogen-bond donors (Lipinski definition) is 2. The Morgan fingerprint density at radius 3 is 2.36 bits per heavy atom. The van der Waals surface area contributed by atoms with E-state index in [9.17, 15) is 0 Å². The van der Waals surface area contributed by atoms with Crippen molar-refractivity contribution in [3.63, 3.8) is 0 Å². The average molecular weight is 316 g/mol. The molecule has 0 bridgehead atoms. The van der Waals surface area contributed by atoms with Crippen LogP contribution in [0, 0.1) is 0 Å². The molecule has 0 unspecified atom stereocenters. The van der Waals surface area contributed by atoms with Gasteiger partial charge in [-0.2, -0.15) is 0 Å². The maximum Gasteiger partial charge on any atom is 0.0958 e. The largest absolute Gasteiger partial charge is 1.00 e. The summed E-state index contributed by atoms with van der Waals surface area (Å²) in [6.45, 7) is 2.04. The van der Waals surface area contributed by atoms with Crippen molar-refractivity contribution >= 4 is 10.9 Å². The molecule has 0 aliphatic heterocycles. The van der Waals surface area contributed by atoms with Crippen molar-refractivity contribution in [2.45, 2.75) is 0 Å². The van der Waals surface area contributed by atoms with Gasteiger partial charge in [0, 0.05) is 17.1 Å². The van der Waals surface area contributed by atoms with E-state index in [2.05, 4.69) is 85.0 Å². The van der Waals surface area contributed by atoms with Crippen LogP contribution < -0.4 is 22.7 Å². The summed E-state index contributed by atoms with van der Waals surface area (Å²) in [5.74, 6) is 0. The topological polar surface area (TPSA) is 21.4 Å². The Bertz CT molecular complexity index is 720. The number of para-hydroxylation sites is 1. The van der Waals surface area contributed by atoms with Gasteiger partial charge >= 0.3 is 0 Å². The number of benzene rings is 2. The minimum atomic E-state index is 0. The smallest absolute Gasteiger partial charge is 0.0958 e. The molecule has 0 radical (unpaired) electrons. The van der Waals surface area contributed by atoms with Gasteiger partial charge in [0.15, 0.2) is 0 Å². The number of fused-ring (bicyclic) bond motifs is 1. The van der Waals surface area contributed by atoms with E-state index in [-0.39, 0.29) is 12.4 Å². The second-order valence-electron chi connectivity index (χ2n) is 5.66. The molecule has 1 aromatic heterocycles. The molecule has 2 aromatic carbocycles. The van der Waals surface area contributed by atoms with Crippen LogP contribution in [0.2, 0.25) is 0 Å². The maximum atomic E-state index is 3.50. The number of nitrogens with one attached hydrogen (secondary N) is 2. The third-order valence-electron chi connectivity index (χ3n) is 3.70. The quantitative estimate of drug-likeness (QED) is 0.619. The van der Waals surface area contributed by atoms with E-state index in [0.29, 0.717) is 0 Å². The van der Waals surface area contributed by atoms with Gasteiger partial charge in [0.25, 0.3) is 0 Å². The molecule has 22 heavy (non-hydrogen) atoms. The number of quaternary nitrogens is 1. The minimum absolute atomic E-state index is 0. The first-order chi connectivity index (χ1) is 10.3. The minimum Gasteiger partial charge on any atom is -1.00 e. The Balaban J connectivity index is 0.00000176. The summed E-state index contributed by atoms with van der Waals surface area (Å²) >= 11 is 0. The van der Waals surface area contributed by atoms with E-state index in [0.717, 1.165) is 13.1 Å². The maximum absolute atomic E-state index is 3.50. The first-order valence-electron chi connectivity index (χ1n) is 7.44. The van der Waals surface area contributed by atoms with Gasteiger partial charge < -0.3 is 22.7 Å². The van der Waals surface area contributed by atoms with Crippen molar-refractivity contribution in [1.82, 2.24) is 4.68 Å². The Kier molecular flexibility index (Phi) is 5.47. The molecule has 0 aliphatic rings. The molecule has 2 N–H and O–H groups in total. The summed E-state index contributed by atoms with van der Waals surface area (Å²) in [5, 5.41) is 1.29. The molecule has 4 heteroatoms. The lowest BCUT2D eigenvalue weighted by molar-refractivity contribution is -0.856. The van der Waals surface area contributed by atoms with Crippen LogP contribution in [0.4, 0.5) is 0 Å². The standard InChI is InChI=1S/C18H21N3.ClH/c1-20(2)13-12-19-21-14-17(15-8-4-3-5-9-15)16-10-6-7-11-18(16)21;/h3-11,14,19H,12-13H2,1-2H3;1H. The zero-order chi connectivity index (χ0) is 14.7.